The van der Waals surface area contributed by atoms with Crippen LogP contribution in [0.1, 0.15) is 25.9 Å². The van der Waals surface area contributed by atoms with Crippen LogP contribution < -0.4 is 0 Å². The van der Waals surface area contributed by atoms with E-state index in [0.717, 1.165) is 15.6 Å². The van der Waals surface area contributed by atoms with Crippen molar-refractivity contribution in [2.45, 2.75) is 20.3 Å². The van der Waals surface area contributed by atoms with E-state index in [4.69, 9.17) is 11.6 Å². The number of carbonyl (C=O) groups excluding carboxylic acids is 1. The Morgan fingerprint density at radius 1 is 1.44 bits per heavy atom. The Kier molecular flexibility index (Phi) is 3.78. The van der Waals surface area contributed by atoms with Crippen LogP contribution >= 0.6 is 22.9 Å². The zero-order valence-electron chi connectivity index (χ0n) is 9.96. The van der Waals surface area contributed by atoms with Crippen LogP contribution in [0.3, 0.4) is 0 Å². The van der Waals surface area contributed by atoms with Gasteiger partial charge in [0.1, 0.15) is 10.8 Å². The lowest BCUT2D eigenvalue weighted by molar-refractivity contribution is 0.0993. The number of hydrogen-bond acceptors (Lipinski definition) is 3. The number of halogens is 2. The van der Waals surface area contributed by atoms with Crippen LogP contribution in [0.2, 0.25) is 5.02 Å². The number of nitrogens with zero attached hydrogens (tertiary/aromatic N) is 1. The lowest BCUT2D eigenvalue weighted by atomic mass is 10.1. The van der Waals surface area contributed by atoms with Crippen LogP contribution in [0, 0.1) is 19.7 Å². The van der Waals surface area contributed by atoms with Gasteiger partial charge in [-0.05, 0) is 32.0 Å². The van der Waals surface area contributed by atoms with Crippen molar-refractivity contribution in [3.63, 3.8) is 0 Å². The van der Waals surface area contributed by atoms with Gasteiger partial charge in [0.05, 0.1) is 17.1 Å². The fraction of sp³-hybridized carbons (Fsp3) is 0.231. The zero-order chi connectivity index (χ0) is 13.3. The summed E-state index contributed by atoms with van der Waals surface area (Å²) in [5.41, 5.74) is 1.35. The molecule has 0 unspecified atom stereocenters. The maximum absolute atomic E-state index is 13.0. The van der Waals surface area contributed by atoms with Gasteiger partial charge in [0, 0.05) is 10.4 Å². The van der Waals surface area contributed by atoms with E-state index in [1.54, 1.807) is 0 Å². The smallest absolute Gasteiger partial charge is 0.169 e. The van der Waals surface area contributed by atoms with Gasteiger partial charge >= 0.3 is 0 Å². The topological polar surface area (TPSA) is 30.0 Å². The minimum absolute atomic E-state index is 0.0349. The van der Waals surface area contributed by atoms with Crippen LogP contribution in [0.25, 0.3) is 0 Å². The Morgan fingerprint density at radius 2 is 2.17 bits per heavy atom. The van der Waals surface area contributed by atoms with Gasteiger partial charge < -0.3 is 0 Å². The standard InChI is InChI=1S/C13H11ClFNOS/c1-7-8(2)18-13(16-7)6-12(17)9-3-4-11(15)10(14)5-9/h3-5H,6H2,1-2H3. The van der Waals surface area contributed by atoms with E-state index in [-0.39, 0.29) is 17.2 Å². The van der Waals surface area contributed by atoms with E-state index >= 15 is 0 Å². The second-order valence-electron chi connectivity index (χ2n) is 3.98. The summed E-state index contributed by atoms with van der Waals surface area (Å²) in [7, 11) is 0. The van der Waals surface area contributed by atoms with E-state index in [1.807, 2.05) is 13.8 Å². The van der Waals surface area contributed by atoms with Gasteiger partial charge in [-0.2, -0.15) is 0 Å². The summed E-state index contributed by atoms with van der Waals surface area (Å²) in [6, 6.07) is 4.00. The normalized spacial score (nSPS) is 10.7. The van der Waals surface area contributed by atoms with Crippen molar-refractivity contribution in [2.24, 2.45) is 0 Å². The molecule has 2 nitrogen and oxygen atoms in total. The predicted molar refractivity (Wildman–Crippen MR) is 71.0 cm³/mol. The summed E-state index contributed by atoms with van der Waals surface area (Å²) in [4.78, 5) is 17.4. The van der Waals surface area contributed by atoms with E-state index in [1.165, 1.54) is 29.5 Å². The molecule has 2 aromatic rings. The highest BCUT2D eigenvalue weighted by molar-refractivity contribution is 7.11. The molecule has 0 atom stereocenters. The summed E-state index contributed by atoms with van der Waals surface area (Å²) in [6.45, 7) is 3.88. The fourth-order valence-corrected chi connectivity index (χ4v) is 2.64. The number of aryl methyl sites for hydroxylation is 2. The predicted octanol–water partition coefficient (Wildman–Crippen LogP) is 3.98. The molecule has 5 heteroatoms. The van der Waals surface area contributed by atoms with E-state index in [0.29, 0.717) is 5.56 Å². The molecule has 18 heavy (non-hydrogen) atoms. The first-order valence-electron chi connectivity index (χ1n) is 5.38. The Bertz CT molecular complexity index is 590. The largest absolute Gasteiger partial charge is 0.294 e. The Labute approximate surface area is 113 Å². The van der Waals surface area contributed by atoms with Gasteiger partial charge in [0.15, 0.2) is 5.78 Å². The second kappa shape index (κ2) is 5.16. The van der Waals surface area contributed by atoms with Crippen molar-refractivity contribution in [1.29, 1.82) is 0 Å². The summed E-state index contributed by atoms with van der Waals surface area (Å²) in [6.07, 6.45) is 0.224. The number of aromatic nitrogens is 1. The van der Waals surface area contributed by atoms with Gasteiger partial charge in [-0.25, -0.2) is 9.37 Å². The first-order valence-corrected chi connectivity index (χ1v) is 6.58. The van der Waals surface area contributed by atoms with Crippen molar-refractivity contribution < 1.29 is 9.18 Å². The van der Waals surface area contributed by atoms with Gasteiger partial charge in [-0.3, -0.25) is 4.79 Å². The van der Waals surface area contributed by atoms with Gasteiger partial charge in [-0.15, -0.1) is 11.3 Å². The number of rotatable bonds is 3. The molecule has 0 fully saturated rings. The van der Waals surface area contributed by atoms with Crippen molar-refractivity contribution >= 4 is 28.7 Å². The SMILES string of the molecule is Cc1nc(CC(=O)c2ccc(F)c(Cl)c2)sc1C. The van der Waals surface area contributed by atoms with Crippen LogP contribution in [-0.4, -0.2) is 10.8 Å². The lowest BCUT2D eigenvalue weighted by Gasteiger charge is -2.00. The van der Waals surface area contributed by atoms with Gasteiger partial charge in [0.2, 0.25) is 0 Å². The molecule has 0 aliphatic heterocycles. The minimum atomic E-state index is -0.519. The Balaban J connectivity index is 2.19. The Morgan fingerprint density at radius 3 is 2.72 bits per heavy atom. The lowest BCUT2D eigenvalue weighted by Crippen LogP contribution is -2.03. The highest BCUT2D eigenvalue weighted by atomic mass is 35.5. The van der Waals surface area contributed by atoms with Crippen LogP contribution in [-0.2, 0) is 6.42 Å². The van der Waals surface area contributed by atoms with Crippen molar-refractivity contribution in [3.05, 3.63) is 50.2 Å². The molecule has 0 spiro atoms. The fourth-order valence-electron chi connectivity index (χ4n) is 1.52. The molecule has 0 N–H and O–H groups in total. The molecule has 0 radical (unpaired) electrons. The maximum Gasteiger partial charge on any atom is 0.169 e. The van der Waals surface area contributed by atoms with Crippen LogP contribution in [0.5, 0.6) is 0 Å². The molecule has 1 aromatic heterocycles. The number of Topliss-reactive ketones (excluding diaryl/α,β-unsaturated/α-hetero) is 1. The van der Waals surface area contributed by atoms with E-state index in [2.05, 4.69) is 4.98 Å². The molecule has 2 rings (SSSR count). The summed E-state index contributed by atoms with van der Waals surface area (Å²) in [5.74, 6) is -0.625. The molecular formula is C13H11ClFNOS. The number of thiazole rings is 1. The minimum Gasteiger partial charge on any atom is -0.294 e. The van der Waals surface area contributed by atoms with Crippen molar-refractivity contribution in [2.75, 3.05) is 0 Å². The van der Waals surface area contributed by atoms with Crippen molar-refractivity contribution in [3.8, 4) is 0 Å². The maximum atomic E-state index is 13.0. The molecule has 1 aromatic carbocycles. The molecule has 1 heterocycles. The third-order valence-electron chi connectivity index (χ3n) is 2.63. The quantitative estimate of drug-likeness (QED) is 0.798. The summed E-state index contributed by atoms with van der Waals surface area (Å²) in [5, 5.41) is 0.739. The third-order valence-corrected chi connectivity index (χ3v) is 3.99. The van der Waals surface area contributed by atoms with E-state index < -0.39 is 5.82 Å². The summed E-state index contributed by atoms with van der Waals surface area (Å²) < 4.78 is 13.0. The molecule has 0 saturated heterocycles. The number of hydrogen-bond donors (Lipinski definition) is 0. The summed E-state index contributed by atoms with van der Waals surface area (Å²) >= 11 is 7.16. The molecular weight excluding hydrogens is 273 g/mol. The monoisotopic (exact) mass is 283 g/mol. The third kappa shape index (κ3) is 2.76. The molecule has 0 bridgehead atoms. The van der Waals surface area contributed by atoms with Crippen LogP contribution in [0.15, 0.2) is 18.2 Å². The molecule has 0 amide bonds. The first-order chi connectivity index (χ1) is 8.47. The average molecular weight is 284 g/mol. The average Bonchev–Trinajstić information content (AvgIpc) is 2.61. The molecule has 0 saturated carbocycles. The van der Waals surface area contributed by atoms with Gasteiger partial charge in [-0.1, -0.05) is 11.6 Å². The van der Waals surface area contributed by atoms with E-state index in [9.17, 15) is 9.18 Å². The molecule has 0 aliphatic carbocycles. The second-order valence-corrected chi connectivity index (χ2v) is 5.67. The zero-order valence-corrected chi connectivity index (χ0v) is 11.5. The Hall–Kier alpha value is -1.26. The highest BCUT2D eigenvalue weighted by Crippen LogP contribution is 2.20. The molecule has 94 valence electrons. The number of ketones is 1. The first kappa shape index (κ1) is 13.2. The molecule has 0 aliphatic rings. The van der Waals surface area contributed by atoms with Crippen molar-refractivity contribution in [1.82, 2.24) is 4.98 Å². The number of carbonyl (C=O) groups is 1. The van der Waals surface area contributed by atoms with Gasteiger partial charge in [0.25, 0.3) is 0 Å². The number of benzene rings is 1. The van der Waals surface area contributed by atoms with Crippen LogP contribution in [0.4, 0.5) is 4.39 Å². The highest BCUT2D eigenvalue weighted by Gasteiger charge is 2.12.